The standard InChI is InChI=1S/C13H14N2O5/c1-3-6-14(8-12(16)17)13(18)10-7-9(2)4-5-11(10)15(19)20/h3-5,7H,1,6,8H2,2H3,(H,16,17). The van der Waals surface area contributed by atoms with Gasteiger partial charge < -0.3 is 10.0 Å². The van der Waals surface area contributed by atoms with Crippen molar-refractivity contribution >= 4 is 17.6 Å². The number of carboxylic acid groups (broad SMARTS) is 1. The van der Waals surface area contributed by atoms with E-state index in [2.05, 4.69) is 6.58 Å². The molecule has 0 aliphatic rings. The van der Waals surface area contributed by atoms with Gasteiger partial charge in [0.05, 0.1) is 4.92 Å². The Morgan fingerprint density at radius 1 is 1.50 bits per heavy atom. The van der Waals surface area contributed by atoms with E-state index in [-0.39, 0.29) is 17.8 Å². The highest BCUT2D eigenvalue weighted by atomic mass is 16.6. The molecule has 0 aromatic heterocycles. The van der Waals surface area contributed by atoms with Crippen LogP contribution in [0.1, 0.15) is 15.9 Å². The molecule has 0 heterocycles. The number of hydrogen-bond acceptors (Lipinski definition) is 4. The highest BCUT2D eigenvalue weighted by molar-refractivity contribution is 5.99. The second-order valence-electron chi connectivity index (χ2n) is 4.15. The lowest BCUT2D eigenvalue weighted by Gasteiger charge is -2.18. The number of amides is 1. The van der Waals surface area contributed by atoms with Gasteiger partial charge in [-0.1, -0.05) is 12.1 Å². The molecule has 0 spiro atoms. The molecule has 0 radical (unpaired) electrons. The van der Waals surface area contributed by atoms with E-state index >= 15 is 0 Å². The minimum absolute atomic E-state index is 0.00374. The van der Waals surface area contributed by atoms with E-state index in [9.17, 15) is 19.7 Å². The summed E-state index contributed by atoms with van der Waals surface area (Å²) in [5.41, 5.74) is 0.200. The van der Waals surface area contributed by atoms with Gasteiger partial charge in [-0.2, -0.15) is 0 Å². The van der Waals surface area contributed by atoms with Crippen LogP contribution < -0.4 is 0 Å². The highest BCUT2D eigenvalue weighted by Crippen LogP contribution is 2.21. The maximum Gasteiger partial charge on any atom is 0.323 e. The number of carboxylic acids is 1. The molecule has 1 aromatic rings. The van der Waals surface area contributed by atoms with Crippen molar-refractivity contribution in [3.05, 3.63) is 52.1 Å². The zero-order valence-electron chi connectivity index (χ0n) is 10.9. The molecule has 7 nitrogen and oxygen atoms in total. The summed E-state index contributed by atoms with van der Waals surface area (Å²) in [5.74, 6) is -1.90. The van der Waals surface area contributed by atoms with Crippen LogP contribution in [0, 0.1) is 17.0 Å². The zero-order valence-corrected chi connectivity index (χ0v) is 10.9. The Morgan fingerprint density at radius 3 is 2.65 bits per heavy atom. The molecule has 0 unspecified atom stereocenters. The number of aliphatic carboxylic acids is 1. The predicted molar refractivity (Wildman–Crippen MR) is 71.6 cm³/mol. The summed E-state index contributed by atoms with van der Waals surface area (Å²) in [6.07, 6.45) is 1.36. The average Bonchev–Trinajstić information content (AvgIpc) is 2.36. The van der Waals surface area contributed by atoms with Gasteiger partial charge in [-0.15, -0.1) is 6.58 Å². The van der Waals surface area contributed by atoms with Gasteiger partial charge in [0, 0.05) is 12.6 Å². The van der Waals surface area contributed by atoms with Gasteiger partial charge >= 0.3 is 5.97 Å². The summed E-state index contributed by atoms with van der Waals surface area (Å²) in [6, 6.07) is 4.12. The van der Waals surface area contributed by atoms with Gasteiger partial charge in [-0.25, -0.2) is 0 Å². The Balaban J connectivity index is 3.22. The number of carbonyl (C=O) groups excluding carboxylic acids is 1. The number of aryl methyl sites for hydroxylation is 1. The van der Waals surface area contributed by atoms with E-state index in [1.807, 2.05) is 0 Å². The highest BCUT2D eigenvalue weighted by Gasteiger charge is 2.25. The smallest absolute Gasteiger partial charge is 0.323 e. The SMILES string of the molecule is C=CCN(CC(=O)O)C(=O)c1cc(C)ccc1[N+](=O)[O-]. The molecule has 0 saturated carbocycles. The lowest BCUT2D eigenvalue weighted by Crippen LogP contribution is -2.36. The molecule has 0 saturated heterocycles. The fourth-order valence-corrected chi connectivity index (χ4v) is 1.69. The minimum Gasteiger partial charge on any atom is -0.480 e. The molecular weight excluding hydrogens is 264 g/mol. The molecule has 1 amide bonds. The Kier molecular flexibility index (Phi) is 4.96. The van der Waals surface area contributed by atoms with Gasteiger partial charge in [-0.05, 0) is 18.6 Å². The molecule has 0 bridgehead atoms. The molecular formula is C13H14N2O5. The van der Waals surface area contributed by atoms with Crippen LogP contribution in [0.2, 0.25) is 0 Å². The van der Waals surface area contributed by atoms with Gasteiger partial charge in [0.2, 0.25) is 0 Å². The lowest BCUT2D eigenvalue weighted by molar-refractivity contribution is -0.385. The Labute approximate surface area is 115 Å². The fraction of sp³-hybridized carbons (Fsp3) is 0.231. The third-order valence-electron chi connectivity index (χ3n) is 2.54. The molecule has 1 aromatic carbocycles. The van der Waals surface area contributed by atoms with Crippen LogP contribution in [0.15, 0.2) is 30.9 Å². The molecule has 7 heteroatoms. The summed E-state index contributed by atoms with van der Waals surface area (Å²) < 4.78 is 0. The summed E-state index contributed by atoms with van der Waals surface area (Å²) >= 11 is 0. The van der Waals surface area contributed by atoms with E-state index in [1.54, 1.807) is 6.92 Å². The first-order valence-electron chi connectivity index (χ1n) is 5.73. The van der Waals surface area contributed by atoms with E-state index < -0.39 is 23.3 Å². The van der Waals surface area contributed by atoms with Crippen LogP contribution in [0.3, 0.4) is 0 Å². The second-order valence-corrected chi connectivity index (χ2v) is 4.15. The van der Waals surface area contributed by atoms with E-state index in [0.29, 0.717) is 5.56 Å². The summed E-state index contributed by atoms with van der Waals surface area (Å²) in [5, 5.41) is 19.7. The second kappa shape index (κ2) is 6.46. The normalized spacial score (nSPS) is 9.85. The van der Waals surface area contributed by atoms with Crippen LogP contribution in [-0.2, 0) is 4.79 Å². The first-order chi connectivity index (χ1) is 9.36. The quantitative estimate of drug-likeness (QED) is 0.484. The van der Waals surface area contributed by atoms with Crippen molar-refractivity contribution in [1.82, 2.24) is 4.90 Å². The molecule has 106 valence electrons. The lowest BCUT2D eigenvalue weighted by atomic mass is 10.1. The van der Waals surface area contributed by atoms with Crippen molar-refractivity contribution in [3.63, 3.8) is 0 Å². The van der Waals surface area contributed by atoms with Crippen molar-refractivity contribution in [2.24, 2.45) is 0 Å². The molecule has 0 atom stereocenters. The van der Waals surface area contributed by atoms with E-state index in [1.165, 1.54) is 24.3 Å². The average molecular weight is 278 g/mol. The van der Waals surface area contributed by atoms with Gasteiger partial charge in [0.1, 0.15) is 12.1 Å². The van der Waals surface area contributed by atoms with Crippen molar-refractivity contribution in [3.8, 4) is 0 Å². The Bertz CT molecular complexity index is 568. The maximum atomic E-state index is 12.3. The van der Waals surface area contributed by atoms with Crippen LogP contribution in [0.5, 0.6) is 0 Å². The van der Waals surface area contributed by atoms with Crippen molar-refractivity contribution in [2.45, 2.75) is 6.92 Å². The number of hydrogen-bond donors (Lipinski definition) is 1. The van der Waals surface area contributed by atoms with Crippen molar-refractivity contribution in [2.75, 3.05) is 13.1 Å². The zero-order chi connectivity index (χ0) is 15.3. The molecule has 0 aliphatic carbocycles. The topological polar surface area (TPSA) is 101 Å². The number of benzene rings is 1. The summed E-state index contributed by atoms with van der Waals surface area (Å²) in [4.78, 5) is 34.3. The molecule has 1 rings (SSSR count). The molecule has 1 N–H and O–H groups in total. The summed E-state index contributed by atoms with van der Waals surface area (Å²) in [7, 11) is 0. The molecule has 0 aliphatic heterocycles. The largest absolute Gasteiger partial charge is 0.480 e. The van der Waals surface area contributed by atoms with Crippen molar-refractivity contribution < 1.29 is 19.6 Å². The number of nitrogens with zero attached hydrogens (tertiary/aromatic N) is 2. The Hall–Kier alpha value is -2.70. The van der Waals surface area contributed by atoms with Gasteiger partial charge in [0.25, 0.3) is 11.6 Å². The van der Waals surface area contributed by atoms with E-state index in [0.717, 1.165) is 4.90 Å². The number of rotatable bonds is 6. The van der Waals surface area contributed by atoms with Crippen LogP contribution in [0.25, 0.3) is 0 Å². The maximum absolute atomic E-state index is 12.3. The predicted octanol–water partition coefficient (Wildman–Crippen LogP) is 1.62. The van der Waals surface area contributed by atoms with Gasteiger partial charge in [-0.3, -0.25) is 19.7 Å². The first kappa shape index (κ1) is 15.4. The van der Waals surface area contributed by atoms with Crippen LogP contribution >= 0.6 is 0 Å². The number of nitro groups is 1. The minimum atomic E-state index is -1.20. The van der Waals surface area contributed by atoms with Crippen LogP contribution in [-0.4, -0.2) is 39.9 Å². The Morgan fingerprint density at radius 2 is 2.15 bits per heavy atom. The fourth-order valence-electron chi connectivity index (χ4n) is 1.69. The first-order valence-corrected chi connectivity index (χ1v) is 5.73. The van der Waals surface area contributed by atoms with E-state index in [4.69, 9.17) is 5.11 Å². The molecule has 0 fully saturated rings. The van der Waals surface area contributed by atoms with Crippen molar-refractivity contribution in [1.29, 1.82) is 0 Å². The molecule has 20 heavy (non-hydrogen) atoms. The van der Waals surface area contributed by atoms with Gasteiger partial charge in [0.15, 0.2) is 0 Å². The monoisotopic (exact) mass is 278 g/mol. The third kappa shape index (κ3) is 3.64. The summed E-state index contributed by atoms with van der Waals surface area (Å²) in [6.45, 7) is 4.58. The number of carbonyl (C=O) groups is 2. The van der Waals surface area contributed by atoms with Crippen LogP contribution in [0.4, 0.5) is 5.69 Å². The number of nitro benzene ring substituents is 1. The third-order valence-corrected chi connectivity index (χ3v) is 2.54.